The van der Waals surface area contributed by atoms with Gasteiger partial charge >= 0.3 is 0 Å². The topological polar surface area (TPSA) is 123 Å². The molecule has 0 bridgehead atoms. The van der Waals surface area contributed by atoms with Crippen molar-refractivity contribution in [2.24, 2.45) is 0 Å². The Hall–Kier alpha value is -1.59. The molecule has 6 atom stereocenters. The molecule has 1 aliphatic heterocycles. The minimum Gasteiger partial charge on any atom is -0.394 e. The molecule has 0 aliphatic carbocycles. The smallest absolute Gasteiger partial charge is 0.113 e. The van der Waals surface area contributed by atoms with Crippen molar-refractivity contribution >= 4 is 11.6 Å². The van der Waals surface area contributed by atoms with Gasteiger partial charge in [0, 0.05) is 11.6 Å². The van der Waals surface area contributed by atoms with E-state index in [9.17, 15) is 25.5 Å². The molecule has 1 saturated heterocycles. The van der Waals surface area contributed by atoms with Gasteiger partial charge in [-0.1, -0.05) is 62.7 Å². The number of likely N-dealkylation sites (N-methyl/N-ethyl adjacent to an activating group) is 1. The van der Waals surface area contributed by atoms with E-state index in [4.69, 9.17) is 21.1 Å². The van der Waals surface area contributed by atoms with Gasteiger partial charge in [0.05, 0.1) is 25.9 Å². The van der Waals surface area contributed by atoms with E-state index in [0.29, 0.717) is 29.1 Å². The van der Waals surface area contributed by atoms with Gasteiger partial charge in [0.2, 0.25) is 0 Å². The van der Waals surface area contributed by atoms with Crippen LogP contribution in [0.25, 0.3) is 0 Å². The molecule has 0 aromatic heterocycles. The molecule has 38 heavy (non-hydrogen) atoms. The molecule has 9 heteroatoms. The number of benzene rings is 2. The van der Waals surface area contributed by atoms with Crippen molar-refractivity contribution < 1.29 is 35.0 Å². The highest BCUT2D eigenvalue weighted by Gasteiger charge is 2.44. The first kappa shape index (κ1) is 30.9. The van der Waals surface area contributed by atoms with E-state index in [1.54, 1.807) is 6.07 Å². The van der Waals surface area contributed by atoms with E-state index in [2.05, 4.69) is 36.1 Å². The number of aliphatic hydroxyl groups excluding tert-OH is 5. The van der Waals surface area contributed by atoms with Crippen molar-refractivity contribution in [3.8, 4) is 0 Å². The minimum absolute atomic E-state index is 0.0882. The van der Waals surface area contributed by atoms with Crippen molar-refractivity contribution in [3.05, 3.63) is 69.2 Å². The van der Waals surface area contributed by atoms with Crippen LogP contribution in [0.15, 0.2) is 36.4 Å². The van der Waals surface area contributed by atoms with Crippen LogP contribution in [0.1, 0.15) is 54.7 Å². The molecule has 1 unspecified atom stereocenters. The van der Waals surface area contributed by atoms with Crippen molar-refractivity contribution in [1.29, 1.82) is 0 Å². The van der Waals surface area contributed by atoms with E-state index in [-0.39, 0.29) is 13.2 Å². The largest absolute Gasteiger partial charge is 0.394 e. The van der Waals surface area contributed by atoms with Gasteiger partial charge in [-0.25, -0.2) is 0 Å². The Kier molecular flexibility index (Phi) is 12.0. The van der Waals surface area contributed by atoms with E-state index >= 15 is 0 Å². The lowest BCUT2D eigenvalue weighted by molar-refractivity contribution is -0.232. The normalized spacial score (nSPS) is 24.6. The predicted molar refractivity (Wildman–Crippen MR) is 146 cm³/mol. The first-order valence-corrected chi connectivity index (χ1v) is 13.8. The van der Waals surface area contributed by atoms with Crippen LogP contribution in [0.3, 0.4) is 0 Å². The van der Waals surface area contributed by atoms with E-state index in [1.807, 2.05) is 19.9 Å². The molecule has 2 aromatic rings. The number of hydrogen-bond donors (Lipinski definition) is 5. The molecular formula is C29H42ClNO7. The van der Waals surface area contributed by atoms with Crippen molar-refractivity contribution in [2.75, 3.05) is 32.8 Å². The number of rotatable bonds is 13. The fourth-order valence-electron chi connectivity index (χ4n) is 4.81. The highest BCUT2D eigenvalue weighted by Crippen LogP contribution is 2.37. The van der Waals surface area contributed by atoms with E-state index in [0.717, 1.165) is 30.6 Å². The Morgan fingerprint density at radius 1 is 0.947 bits per heavy atom. The predicted octanol–water partition coefficient (Wildman–Crippen LogP) is 2.23. The number of aryl methyl sites for hydroxylation is 1. The highest BCUT2D eigenvalue weighted by molar-refractivity contribution is 6.31. The maximum Gasteiger partial charge on any atom is 0.113 e. The van der Waals surface area contributed by atoms with Crippen LogP contribution >= 0.6 is 11.6 Å². The molecule has 3 rings (SSSR count). The van der Waals surface area contributed by atoms with Gasteiger partial charge in [-0.3, -0.25) is 0 Å². The Labute approximate surface area is 230 Å². The quantitative estimate of drug-likeness (QED) is 0.257. The zero-order valence-electron chi connectivity index (χ0n) is 22.5. The SMILES string of the molecule is CCc1ccc(Cc2cc([C@@H]3O[C@H](CO)[C@@H](O)[C@H](O)[C@H]3O)c(COCC(O)CN(CC)CC)cc2Cl)cc1. The van der Waals surface area contributed by atoms with Crippen LogP contribution in [0.2, 0.25) is 5.02 Å². The molecule has 2 aromatic carbocycles. The third-order valence-electron chi connectivity index (χ3n) is 7.26. The van der Waals surface area contributed by atoms with Crippen molar-refractivity contribution in [2.45, 2.75) is 76.8 Å². The van der Waals surface area contributed by atoms with Crippen LogP contribution in [-0.2, 0) is 28.9 Å². The summed E-state index contributed by atoms with van der Waals surface area (Å²) in [6, 6.07) is 11.8. The maximum atomic E-state index is 10.8. The van der Waals surface area contributed by atoms with Gasteiger partial charge < -0.3 is 39.9 Å². The first-order chi connectivity index (χ1) is 18.2. The minimum atomic E-state index is -1.50. The Balaban J connectivity index is 1.88. The fraction of sp³-hybridized carbons (Fsp3) is 0.586. The van der Waals surface area contributed by atoms with E-state index in [1.165, 1.54) is 5.56 Å². The molecule has 8 nitrogen and oxygen atoms in total. The van der Waals surface area contributed by atoms with Gasteiger partial charge in [0.15, 0.2) is 0 Å². The summed E-state index contributed by atoms with van der Waals surface area (Å²) < 4.78 is 11.7. The third kappa shape index (κ3) is 7.75. The lowest BCUT2D eigenvalue weighted by atomic mass is 9.87. The van der Waals surface area contributed by atoms with Crippen LogP contribution in [0, 0.1) is 0 Å². The van der Waals surface area contributed by atoms with Crippen molar-refractivity contribution in [1.82, 2.24) is 4.90 Å². The van der Waals surface area contributed by atoms with Crippen LogP contribution < -0.4 is 0 Å². The molecular weight excluding hydrogens is 510 g/mol. The van der Waals surface area contributed by atoms with Gasteiger partial charge in [-0.2, -0.15) is 0 Å². The average Bonchev–Trinajstić information content (AvgIpc) is 2.92. The lowest BCUT2D eigenvalue weighted by Gasteiger charge is -2.41. The first-order valence-electron chi connectivity index (χ1n) is 13.4. The summed E-state index contributed by atoms with van der Waals surface area (Å²) in [6.45, 7) is 7.98. The molecule has 1 aliphatic rings. The van der Waals surface area contributed by atoms with Gasteiger partial charge in [0.25, 0.3) is 0 Å². The van der Waals surface area contributed by atoms with Crippen LogP contribution in [0.5, 0.6) is 0 Å². The number of hydrogen-bond acceptors (Lipinski definition) is 8. The summed E-state index contributed by atoms with van der Waals surface area (Å²) in [5.41, 5.74) is 4.27. The van der Waals surface area contributed by atoms with Crippen molar-refractivity contribution in [3.63, 3.8) is 0 Å². The summed E-state index contributed by atoms with van der Waals surface area (Å²) in [5.74, 6) is 0. The molecule has 5 N–H and O–H groups in total. The summed E-state index contributed by atoms with van der Waals surface area (Å²) in [4.78, 5) is 2.10. The summed E-state index contributed by atoms with van der Waals surface area (Å²) >= 11 is 6.70. The number of ether oxygens (including phenoxy) is 2. The maximum absolute atomic E-state index is 10.8. The van der Waals surface area contributed by atoms with Crippen LogP contribution in [0.4, 0.5) is 0 Å². The number of nitrogens with zero attached hydrogens (tertiary/aromatic N) is 1. The number of halogens is 1. The molecule has 0 amide bonds. The molecule has 1 heterocycles. The second kappa shape index (κ2) is 14.7. The molecule has 212 valence electrons. The highest BCUT2D eigenvalue weighted by atomic mass is 35.5. The summed E-state index contributed by atoms with van der Waals surface area (Å²) in [5, 5.41) is 52.1. The Morgan fingerprint density at radius 3 is 2.21 bits per heavy atom. The van der Waals surface area contributed by atoms with E-state index < -0.39 is 43.2 Å². The van der Waals surface area contributed by atoms with Gasteiger partial charge in [-0.15, -0.1) is 0 Å². The monoisotopic (exact) mass is 551 g/mol. The Morgan fingerprint density at radius 2 is 1.61 bits per heavy atom. The second-order valence-electron chi connectivity index (χ2n) is 9.89. The van der Waals surface area contributed by atoms with Gasteiger partial charge in [-0.05, 0) is 59.8 Å². The average molecular weight is 552 g/mol. The molecule has 0 radical (unpaired) electrons. The zero-order chi connectivity index (χ0) is 27.8. The molecule has 0 spiro atoms. The standard InChI is InChI=1S/C29H42ClNO7/c1-4-18-7-9-19(10-8-18)11-20-12-23(29-28(36)27(35)26(34)25(15-32)38-29)21(13-24(20)30)16-37-17-22(33)14-31(5-2)6-3/h7-10,12-13,22,25-29,32-36H,4-6,11,14-17H2,1-3H3/t22?,25-,26-,27+,28-,29+/m1/s1. The van der Waals surface area contributed by atoms with Gasteiger partial charge in [0.1, 0.15) is 30.5 Å². The summed E-state index contributed by atoms with van der Waals surface area (Å²) in [7, 11) is 0. The zero-order valence-corrected chi connectivity index (χ0v) is 23.2. The third-order valence-corrected chi connectivity index (χ3v) is 7.62. The fourth-order valence-corrected chi connectivity index (χ4v) is 5.07. The molecule has 0 saturated carbocycles. The lowest BCUT2D eigenvalue weighted by Crippen LogP contribution is -2.55. The second-order valence-corrected chi connectivity index (χ2v) is 10.3. The summed E-state index contributed by atoms with van der Waals surface area (Å²) in [6.07, 6.45) is -5.64. The number of aliphatic hydroxyl groups is 5. The molecule has 1 fully saturated rings. The van der Waals surface area contributed by atoms with Crippen LogP contribution in [-0.4, -0.2) is 93.8 Å². The Bertz CT molecular complexity index is 999.